The first-order valence-corrected chi connectivity index (χ1v) is 7.96. The molecule has 1 atom stereocenters. The first kappa shape index (κ1) is 17.3. The molecule has 1 saturated heterocycles. The van der Waals surface area contributed by atoms with Gasteiger partial charge in [-0.25, -0.2) is 0 Å². The molecular weight excluding hydrogens is 296 g/mol. The van der Waals surface area contributed by atoms with Gasteiger partial charge in [0.1, 0.15) is 12.4 Å². The highest BCUT2D eigenvalue weighted by Gasteiger charge is 2.27. The number of amides is 2. The average molecular weight is 320 g/mol. The van der Waals surface area contributed by atoms with Gasteiger partial charge < -0.3 is 19.7 Å². The number of carbonyl (C=O) groups is 2. The molecule has 6 heteroatoms. The molecule has 1 fully saturated rings. The van der Waals surface area contributed by atoms with Crippen LogP contribution >= 0.6 is 0 Å². The number of hydrogen-bond donors (Lipinski definition) is 1. The quantitative estimate of drug-likeness (QED) is 0.831. The normalized spacial score (nSPS) is 17.9. The van der Waals surface area contributed by atoms with Crippen molar-refractivity contribution in [1.29, 1.82) is 0 Å². The number of morpholine rings is 1. The Morgan fingerprint density at radius 3 is 3.04 bits per heavy atom. The second-order valence-electron chi connectivity index (χ2n) is 5.55. The number of rotatable bonds is 7. The first-order valence-electron chi connectivity index (χ1n) is 7.96. The number of unbranched alkanes of at least 4 members (excludes halogenated alkanes) is 1. The zero-order valence-electron chi connectivity index (χ0n) is 13.7. The van der Waals surface area contributed by atoms with Crippen LogP contribution in [0.25, 0.3) is 0 Å². The van der Waals surface area contributed by atoms with Crippen molar-refractivity contribution in [2.24, 2.45) is 0 Å². The van der Waals surface area contributed by atoms with Gasteiger partial charge in [0.2, 0.25) is 5.91 Å². The number of hydrogen-bond acceptors (Lipinski definition) is 4. The molecule has 2 rings (SSSR count). The Morgan fingerprint density at radius 1 is 1.48 bits per heavy atom. The van der Waals surface area contributed by atoms with E-state index in [1.165, 1.54) is 0 Å². The van der Waals surface area contributed by atoms with Crippen molar-refractivity contribution < 1.29 is 19.1 Å². The Bertz CT molecular complexity index is 547. The summed E-state index contributed by atoms with van der Waals surface area (Å²) in [5.74, 6) is 0.637. The highest BCUT2D eigenvalue weighted by atomic mass is 16.5. The van der Waals surface area contributed by atoms with Crippen LogP contribution in [0.5, 0.6) is 5.75 Å². The maximum atomic E-state index is 12.1. The predicted molar refractivity (Wildman–Crippen MR) is 87.6 cm³/mol. The molecule has 1 aromatic carbocycles. The minimum Gasteiger partial charge on any atom is -0.497 e. The largest absolute Gasteiger partial charge is 0.497 e. The lowest BCUT2D eigenvalue weighted by molar-refractivity contribution is -0.129. The summed E-state index contributed by atoms with van der Waals surface area (Å²) < 4.78 is 10.7. The van der Waals surface area contributed by atoms with Crippen LogP contribution in [-0.2, 0) is 14.3 Å². The van der Waals surface area contributed by atoms with Crippen molar-refractivity contribution in [3.63, 3.8) is 0 Å². The molecule has 0 spiro atoms. The molecule has 1 heterocycles. The number of nitrogens with one attached hydrogen (secondary N) is 1. The summed E-state index contributed by atoms with van der Waals surface area (Å²) >= 11 is 0. The van der Waals surface area contributed by atoms with Crippen molar-refractivity contribution in [2.75, 3.05) is 31.7 Å². The summed E-state index contributed by atoms with van der Waals surface area (Å²) in [7, 11) is 1.59. The molecule has 6 nitrogen and oxygen atoms in total. The number of ether oxygens (including phenoxy) is 2. The molecule has 1 aliphatic heterocycles. The van der Waals surface area contributed by atoms with Crippen molar-refractivity contribution in [2.45, 2.75) is 32.3 Å². The van der Waals surface area contributed by atoms with Gasteiger partial charge in [0.25, 0.3) is 5.91 Å². The van der Waals surface area contributed by atoms with E-state index in [0.717, 1.165) is 18.5 Å². The van der Waals surface area contributed by atoms with Gasteiger partial charge in [-0.3, -0.25) is 9.59 Å². The third kappa shape index (κ3) is 4.96. The minimum atomic E-state index is -0.204. The van der Waals surface area contributed by atoms with E-state index >= 15 is 0 Å². The summed E-state index contributed by atoms with van der Waals surface area (Å²) in [6.07, 6.45) is 2.20. The molecule has 1 N–H and O–H groups in total. The van der Waals surface area contributed by atoms with Crippen LogP contribution < -0.4 is 15.0 Å². The number of nitrogens with zero attached hydrogens (tertiary/aromatic N) is 1. The van der Waals surface area contributed by atoms with Crippen molar-refractivity contribution in [3.05, 3.63) is 24.3 Å². The monoisotopic (exact) mass is 320 g/mol. The number of carbonyl (C=O) groups excluding carboxylic acids is 2. The fourth-order valence-electron chi connectivity index (χ4n) is 2.43. The molecule has 0 aliphatic carbocycles. The molecule has 2 amide bonds. The van der Waals surface area contributed by atoms with Crippen LogP contribution in [0, 0.1) is 0 Å². The van der Waals surface area contributed by atoms with Gasteiger partial charge in [-0.15, -0.1) is 0 Å². The zero-order valence-corrected chi connectivity index (χ0v) is 13.7. The van der Waals surface area contributed by atoms with Gasteiger partial charge in [0, 0.05) is 24.7 Å². The maximum Gasteiger partial charge on any atom is 0.253 e. The Labute approximate surface area is 136 Å². The van der Waals surface area contributed by atoms with E-state index in [0.29, 0.717) is 25.3 Å². The molecule has 126 valence electrons. The van der Waals surface area contributed by atoms with Crippen molar-refractivity contribution in [1.82, 2.24) is 5.32 Å². The highest BCUT2D eigenvalue weighted by Crippen LogP contribution is 2.23. The topological polar surface area (TPSA) is 67.9 Å². The van der Waals surface area contributed by atoms with Crippen LogP contribution in [0.3, 0.4) is 0 Å². The lowest BCUT2D eigenvalue weighted by Gasteiger charge is -2.33. The van der Waals surface area contributed by atoms with Gasteiger partial charge in [-0.05, 0) is 18.6 Å². The SMILES string of the molecule is CCCCC(=O)NCC1CN(c2cccc(OC)c2)C(=O)CO1. The number of anilines is 1. The lowest BCUT2D eigenvalue weighted by atomic mass is 10.2. The molecule has 0 radical (unpaired) electrons. The van der Waals surface area contributed by atoms with E-state index in [1.807, 2.05) is 24.3 Å². The van der Waals surface area contributed by atoms with Crippen LogP contribution in [0.2, 0.25) is 0 Å². The summed E-state index contributed by atoms with van der Waals surface area (Å²) in [5, 5.41) is 2.87. The van der Waals surface area contributed by atoms with E-state index in [2.05, 4.69) is 12.2 Å². The zero-order chi connectivity index (χ0) is 16.7. The van der Waals surface area contributed by atoms with Gasteiger partial charge in [0.15, 0.2) is 0 Å². The van der Waals surface area contributed by atoms with E-state index in [9.17, 15) is 9.59 Å². The Morgan fingerprint density at radius 2 is 2.30 bits per heavy atom. The van der Waals surface area contributed by atoms with E-state index in [4.69, 9.17) is 9.47 Å². The predicted octanol–water partition coefficient (Wildman–Crippen LogP) is 1.73. The fraction of sp³-hybridized carbons (Fsp3) is 0.529. The second-order valence-corrected chi connectivity index (χ2v) is 5.55. The van der Waals surface area contributed by atoms with Gasteiger partial charge >= 0.3 is 0 Å². The van der Waals surface area contributed by atoms with E-state index in [-0.39, 0.29) is 24.5 Å². The summed E-state index contributed by atoms with van der Waals surface area (Å²) in [6.45, 7) is 2.90. The molecule has 0 aromatic heterocycles. The Kier molecular flexibility index (Phi) is 6.40. The molecule has 1 aromatic rings. The van der Waals surface area contributed by atoms with Gasteiger partial charge in [-0.1, -0.05) is 19.4 Å². The number of methoxy groups -OCH3 is 1. The van der Waals surface area contributed by atoms with E-state index < -0.39 is 0 Å². The van der Waals surface area contributed by atoms with Crippen molar-refractivity contribution in [3.8, 4) is 5.75 Å². The Hall–Kier alpha value is -2.08. The molecule has 0 bridgehead atoms. The fourth-order valence-corrected chi connectivity index (χ4v) is 2.43. The molecule has 1 unspecified atom stereocenters. The first-order chi connectivity index (χ1) is 11.1. The highest BCUT2D eigenvalue weighted by molar-refractivity contribution is 5.95. The second kappa shape index (κ2) is 8.53. The molecule has 23 heavy (non-hydrogen) atoms. The van der Waals surface area contributed by atoms with Gasteiger partial charge in [-0.2, -0.15) is 0 Å². The van der Waals surface area contributed by atoms with Crippen LogP contribution in [0.1, 0.15) is 26.2 Å². The van der Waals surface area contributed by atoms with Crippen molar-refractivity contribution >= 4 is 17.5 Å². The molecule has 0 saturated carbocycles. The summed E-state index contributed by atoms with van der Waals surface area (Å²) in [6, 6.07) is 7.36. The van der Waals surface area contributed by atoms with E-state index in [1.54, 1.807) is 12.0 Å². The summed E-state index contributed by atoms with van der Waals surface area (Å²) in [4.78, 5) is 25.4. The van der Waals surface area contributed by atoms with Crippen LogP contribution in [0.4, 0.5) is 5.69 Å². The smallest absolute Gasteiger partial charge is 0.253 e. The van der Waals surface area contributed by atoms with Gasteiger partial charge in [0.05, 0.1) is 19.8 Å². The lowest BCUT2D eigenvalue weighted by Crippen LogP contribution is -2.50. The maximum absolute atomic E-state index is 12.1. The third-order valence-corrected chi connectivity index (χ3v) is 3.78. The van der Waals surface area contributed by atoms with Crippen LogP contribution in [0.15, 0.2) is 24.3 Å². The standard InChI is InChI=1S/C17H24N2O4/c1-3-4-8-16(20)18-10-15-11-19(17(21)12-23-15)13-6-5-7-14(9-13)22-2/h5-7,9,15H,3-4,8,10-12H2,1-2H3,(H,18,20). The average Bonchev–Trinajstić information content (AvgIpc) is 2.59. The number of benzene rings is 1. The minimum absolute atomic E-state index is 0.0205. The third-order valence-electron chi connectivity index (χ3n) is 3.78. The Balaban J connectivity index is 1.93. The molecular formula is C17H24N2O4. The van der Waals surface area contributed by atoms with Crippen LogP contribution in [-0.4, -0.2) is 44.7 Å². The molecule has 1 aliphatic rings. The summed E-state index contributed by atoms with van der Waals surface area (Å²) in [5.41, 5.74) is 0.778.